The number of rotatable bonds is 4. The minimum absolute atomic E-state index is 0.0327. The number of hydrogen-bond donors (Lipinski definition) is 3. The average molecular weight is 413 g/mol. The van der Waals surface area contributed by atoms with Gasteiger partial charge < -0.3 is 20.1 Å². The van der Waals surface area contributed by atoms with Gasteiger partial charge in [0.25, 0.3) is 0 Å². The van der Waals surface area contributed by atoms with E-state index in [2.05, 4.69) is 25.6 Å². The molecule has 0 spiro atoms. The van der Waals surface area contributed by atoms with E-state index >= 15 is 0 Å². The zero-order valence-corrected chi connectivity index (χ0v) is 16.8. The Morgan fingerprint density at radius 2 is 2.17 bits per heavy atom. The summed E-state index contributed by atoms with van der Waals surface area (Å²) in [5.41, 5.74) is 1.94. The number of hydrogen-bond acceptors (Lipinski definition) is 7. The molecule has 1 saturated carbocycles. The first kappa shape index (κ1) is 19.3. The van der Waals surface area contributed by atoms with E-state index < -0.39 is 0 Å². The molecule has 3 aliphatic rings. The maximum Gasteiger partial charge on any atom is 0.320 e. The molecule has 4 heterocycles. The van der Waals surface area contributed by atoms with Crippen LogP contribution in [-0.4, -0.2) is 56.2 Å². The van der Waals surface area contributed by atoms with E-state index in [1.165, 1.54) is 0 Å². The fraction of sp³-hybridized carbons (Fsp3) is 0.600. The zero-order chi connectivity index (χ0) is 20.5. The van der Waals surface area contributed by atoms with Crippen LogP contribution in [0.4, 0.5) is 16.6 Å². The minimum Gasteiger partial charge on any atom is -0.393 e. The Morgan fingerprint density at radius 1 is 1.27 bits per heavy atom. The van der Waals surface area contributed by atoms with Gasteiger partial charge in [0.05, 0.1) is 36.7 Å². The van der Waals surface area contributed by atoms with Crippen LogP contribution in [0.1, 0.15) is 49.6 Å². The number of carbonyl (C=O) groups is 1. The van der Waals surface area contributed by atoms with Crippen LogP contribution in [0, 0.1) is 0 Å². The Balaban J connectivity index is 1.22. The summed E-state index contributed by atoms with van der Waals surface area (Å²) in [6.45, 7) is 2.86. The van der Waals surface area contributed by atoms with Crippen molar-refractivity contribution in [3.8, 4) is 0 Å². The number of ether oxygens (including phenoxy) is 1. The molecule has 10 nitrogen and oxygen atoms in total. The lowest BCUT2D eigenvalue weighted by Gasteiger charge is -2.31. The molecule has 30 heavy (non-hydrogen) atoms. The van der Waals surface area contributed by atoms with Gasteiger partial charge in [-0.25, -0.2) is 14.8 Å². The Morgan fingerprint density at radius 3 is 2.97 bits per heavy atom. The number of fused-ring (bicyclic) bond motifs is 1. The van der Waals surface area contributed by atoms with Crippen LogP contribution in [0.5, 0.6) is 0 Å². The van der Waals surface area contributed by atoms with Crippen LogP contribution >= 0.6 is 0 Å². The fourth-order valence-electron chi connectivity index (χ4n) is 4.21. The predicted molar refractivity (Wildman–Crippen MR) is 109 cm³/mol. The molecule has 1 saturated heterocycles. The number of carbonyl (C=O) groups excluding carboxylic acids is 1. The maximum atomic E-state index is 12.1. The molecule has 2 fully saturated rings. The molecular formula is C20H27N7O3. The van der Waals surface area contributed by atoms with E-state index in [-0.39, 0.29) is 24.3 Å². The van der Waals surface area contributed by atoms with Gasteiger partial charge >= 0.3 is 6.03 Å². The smallest absolute Gasteiger partial charge is 0.320 e. The van der Waals surface area contributed by atoms with Crippen molar-refractivity contribution < 1.29 is 14.6 Å². The Hall–Kier alpha value is -2.72. The standard InChI is InChI=1S/C20H27N7O3/c28-15-9-13(10-15)22-20(29)24-18-11-14-12-26(6-7-27(14)25-18)19-21-5-4-16(23-19)17-3-1-2-8-30-17/h4-5,11,13,15,17,28H,1-3,6-10,12H2,(H2,22,24,25,29). The van der Waals surface area contributed by atoms with Gasteiger partial charge in [-0.2, -0.15) is 5.10 Å². The largest absolute Gasteiger partial charge is 0.393 e. The predicted octanol–water partition coefficient (Wildman–Crippen LogP) is 1.58. The highest BCUT2D eigenvalue weighted by Gasteiger charge is 2.29. The van der Waals surface area contributed by atoms with Crippen molar-refractivity contribution in [1.82, 2.24) is 25.1 Å². The summed E-state index contributed by atoms with van der Waals surface area (Å²) < 4.78 is 7.78. The molecule has 0 bridgehead atoms. The molecule has 0 aromatic carbocycles. The second-order valence-corrected chi connectivity index (χ2v) is 8.22. The molecule has 1 atom stereocenters. The van der Waals surface area contributed by atoms with Crippen LogP contribution in [0.3, 0.4) is 0 Å². The number of anilines is 2. The van der Waals surface area contributed by atoms with Gasteiger partial charge in [0, 0.05) is 31.5 Å². The summed E-state index contributed by atoms with van der Waals surface area (Å²) in [7, 11) is 0. The summed E-state index contributed by atoms with van der Waals surface area (Å²) in [4.78, 5) is 23.5. The van der Waals surface area contributed by atoms with Crippen molar-refractivity contribution in [2.45, 2.75) is 63.4 Å². The molecule has 2 aliphatic heterocycles. The third-order valence-corrected chi connectivity index (χ3v) is 5.94. The lowest BCUT2D eigenvalue weighted by molar-refractivity contribution is 0.0123. The topological polar surface area (TPSA) is 117 Å². The molecule has 1 aliphatic carbocycles. The second-order valence-electron chi connectivity index (χ2n) is 8.22. The quantitative estimate of drug-likeness (QED) is 0.697. The van der Waals surface area contributed by atoms with Crippen LogP contribution in [0.25, 0.3) is 0 Å². The Bertz CT molecular complexity index is 906. The molecule has 2 aromatic rings. The normalized spacial score (nSPS) is 25.9. The molecule has 5 rings (SSSR count). The number of nitrogens with one attached hydrogen (secondary N) is 2. The Labute approximate surface area is 174 Å². The number of aliphatic hydroxyl groups is 1. The van der Waals surface area contributed by atoms with Crippen LogP contribution in [0.2, 0.25) is 0 Å². The zero-order valence-electron chi connectivity index (χ0n) is 16.8. The average Bonchev–Trinajstić information content (AvgIpc) is 3.14. The van der Waals surface area contributed by atoms with Crippen molar-refractivity contribution in [2.75, 3.05) is 23.4 Å². The van der Waals surface area contributed by atoms with Crippen molar-refractivity contribution in [3.05, 3.63) is 29.7 Å². The lowest BCUT2D eigenvalue weighted by Crippen LogP contribution is -2.48. The van der Waals surface area contributed by atoms with Crippen molar-refractivity contribution in [3.63, 3.8) is 0 Å². The van der Waals surface area contributed by atoms with Crippen LogP contribution < -0.4 is 15.5 Å². The monoisotopic (exact) mass is 413 g/mol. The third-order valence-electron chi connectivity index (χ3n) is 5.94. The number of urea groups is 1. The summed E-state index contributed by atoms with van der Waals surface area (Å²) >= 11 is 0. The van der Waals surface area contributed by atoms with Gasteiger partial charge in [0.2, 0.25) is 5.95 Å². The first-order valence-corrected chi connectivity index (χ1v) is 10.7. The van der Waals surface area contributed by atoms with Gasteiger partial charge in [-0.15, -0.1) is 0 Å². The van der Waals surface area contributed by atoms with Gasteiger partial charge in [-0.3, -0.25) is 10.00 Å². The van der Waals surface area contributed by atoms with E-state index in [0.717, 1.165) is 43.8 Å². The van der Waals surface area contributed by atoms with Crippen molar-refractivity contribution in [2.24, 2.45) is 0 Å². The minimum atomic E-state index is -0.299. The highest BCUT2D eigenvalue weighted by Crippen LogP contribution is 2.28. The number of nitrogens with zero attached hydrogens (tertiary/aromatic N) is 5. The SMILES string of the molecule is O=C(Nc1cc2n(n1)CCN(c1nccc(C3CCCCO3)n1)C2)NC1CC(O)C1. The fourth-order valence-corrected chi connectivity index (χ4v) is 4.21. The lowest BCUT2D eigenvalue weighted by atomic mass is 9.90. The van der Waals surface area contributed by atoms with E-state index in [9.17, 15) is 9.90 Å². The third kappa shape index (κ3) is 4.10. The molecule has 2 amide bonds. The summed E-state index contributed by atoms with van der Waals surface area (Å²) in [5, 5.41) is 19.5. The molecular weight excluding hydrogens is 386 g/mol. The molecule has 0 radical (unpaired) electrons. The van der Waals surface area contributed by atoms with Crippen molar-refractivity contribution in [1.29, 1.82) is 0 Å². The first-order valence-electron chi connectivity index (χ1n) is 10.7. The van der Waals surface area contributed by atoms with E-state index in [4.69, 9.17) is 9.72 Å². The van der Waals surface area contributed by atoms with E-state index in [1.807, 2.05) is 16.8 Å². The van der Waals surface area contributed by atoms with Crippen LogP contribution in [0.15, 0.2) is 18.3 Å². The summed E-state index contributed by atoms with van der Waals surface area (Å²) in [6.07, 6.45) is 6.05. The Kier molecular flexibility index (Phi) is 5.26. The molecule has 160 valence electrons. The number of aromatic nitrogens is 4. The highest BCUT2D eigenvalue weighted by atomic mass is 16.5. The maximum absolute atomic E-state index is 12.1. The molecule has 2 aromatic heterocycles. The summed E-state index contributed by atoms with van der Waals surface area (Å²) in [6, 6.07) is 3.57. The van der Waals surface area contributed by atoms with Gasteiger partial charge in [0.1, 0.15) is 0 Å². The highest BCUT2D eigenvalue weighted by molar-refractivity contribution is 5.88. The molecule has 3 N–H and O–H groups in total. The van der Waals surface area contributed by atoms with Crippen molar-refractivity contribution >= 4 is 17.8 Å². The van der Waals surface area contributed by atoms with E-state index in [0.29, 0.717) is 37.7 Å². The molecule has 10 heteroatoms. The second kappa shape index (κ2) is 8.19. The summed E-state index contributed by atoms with van der Waals surface area (Å²) in [5.74, 6) is 1.22. The van der Waals surface area contributed by atoms with Crippen LogP contribution in [-0.2, 0) is 17.8 Å². The van der Waals surface area contributed by atoms with Gasteiger partial charge in [0.15, 0.2) is 5.82 Å². The van der Waals surface area contributed by atoms with Gasteiger partial charge in [-0.1, -0.05) is 0 Å². The molecule has 1 unspecified atom stereocenters. The first-order chi connectivity index (χ1) is 14.6. The van der Waals surface area contributed by atoms with Gasteiger partial charge in [-0.05, 0) is 38.2 Å². The number of amides is 2. The van der Waals surface area contributed by atoms with E-state index in [1.54, 1.807) is 6.20 Å². The number of aliphatic hydroxyl groups excluding tert-OH is 1.